The number of ether oxygens (including phenoxy) is 1. The van der Waals surface area contributed by atoms with Crippen LogP contribution in [0.1, 0.15) is 11.8 Å². The Morgan fingerprint density at radius 2 is 2.50 bits per heavy atom. The molecule has 1 amide bonds. The zero-order chi connectivity index (χ0) is 10.4. The predicted molar refractivity (Wildman–Crippen MR) is 57.5 cm³/mol. The molecule has 1 N–H and O–H groups in total. The quantitative estimate of drug-likeness (QED) is 0.803. The summed E-state index contributed by atoms with van der Waals surface area (Å²) in [7, 11) is 1.52. The van der Waals surface area contributed by atoms with Gasteiger partial charge in [-0.15, -0.1) is 11.3 Å². The van der Waals surface area contributed by atoms with E-state index in [1.54, 1.807) is 11.3 Å². The molecule has 0 aromatic carbocycles. The van der Waals surface area contributed by atoms with Crippen molar-refractivity contribution in [2.45, 2.75) is 19.4 Å². The van der Waals surface area contributed by atoms with Gasteiger partial charge in [-0.05, 0) is 18.4 Å². The molecular weight excluding hydrogens is 198 g/mol. The summed E-state index contributed by atoms with van der Waals surface area (Å²) in [5.74, 6) is -0.0587. The van der Waals surface area contributed by atoms with Gasteiger partial charge in [0.05, 0.1) is 0 Å². The standard InChI is InChI=1S/C10H15NO2S/c1-8(11-10(12)7-13-2)6-9-4-3-5-14-9/h3-5,8H,6-7H2,1-2H3,(H,11,12)/t8-/m1/s1. The molecule has 4 heteroatoms. The Kier molecular flexibility index (Phi) is 4.62. The van der Waals surface area contributed by atoms with E-state index in [0.717, 1.165) is 6.42 Å². The summed E-state index contributed by atoms with van der Waals surface area (Å²) in [6, 6.07) is 4.25. The SMILES string of the molecule is COCC(=O)N[C@H](C)Cc1cccs1. The maximum atomic E-state index is 11.1. The molecule has 78 valence electrons. The van der Waals surface area contributed by atoms with Crippen LogP contribution in [0, 0.1) is 0 Å². The first-order chi connectivity index (χ1) is 6.72. The second-order valence-electron chi connectivity index (χ2n) is 3.19. The van der Waals surface area contributed by atoms with Gasteiger partial charge < -0.3 is 10.1 Å². The van der Waals surface area contributed by atoms with Crippen LogP contribution in [0.5, 0.6) is 0 Å². The van der Waals surface area contributed by atoms with E-state index >= 15 is 0 Å². The van der Waals surface area contributed by atoms with Crippen molar-refractivity contribution in [3.05, 3.63) is 22.4 Å². The van der Waals surface area contributed by atoms with E-state index in [1.165, 1.54) is 12.0 Å². The van der Waals surface area contributed by atoms with Gasteiger partial charge in [0.25, 0.3) is 0 Å². The van der Waals surface area contributed by atoms with Gasteiger partial charge in [-0.2, -0.15) is 0 Å². The molecule has 0 saturated heterocycles. The average molecular weight is 213 g/mol. The number of hydrogen-bond acceptors (Lipinski definition) is 3. The molecule has 0 saturated carbocycles. The highest BCUT2D eigenvalue weighted by molar-refractivity contribution is 7.09. The molecule has 3 nitrogen and oxygen atoms in total. The molecule has 1 atom stereocenters. The normalized spacial score (nSPS) is 12.4. The molecule has 0 bridgehead atoms. The number of amides is 1. The zero-order valence-electron chi connectivity index (χ0n) is 8.45. The molecule has 0 aliphatic rings. The van der Waals surface area contributed by atoms with Gasteiger partial charge >= 0.3 is 0 Å². The van der Waals surface area contributed by atoms with Crippen molar-refractivity contribution in [2.75, 3.05) is 13.7 Å². The second-order valence-corrected chi connectivity index (χ2v) is 4.22. The van der Waals surface area contributed by atoms with E-state index in [1.807, 2.05) is 18.4 Å². The minimum Gasteiger partial charge on any atom is -0.375 e. The number of carbonyl (C=O) groups is 1. The maximum absolute atomic E-state index is 11.1. The first kappa shape index (κ1) is 11.2. The van der Waals surface area contributed by atoms with Crippen molar-refractivity contribution < 1.29 is 9.53 Å². The topological polar surface area (TPSA) is 38.3 Å². The van der Waals surface area contributed by atoms with Crippen LogP contribution in [-0.2, 0) is 16.0 Å². The van der Waals surface area contributed by atoms with Gasteiger partial charge in [0.1, 0.15) is 6.61 Å². The monoisotopic (exact) mass is 213 g/mol. The summed E-state index contributed by atoms with van der Waals surface area (Å²) in [4.78, 5) is 12.4. The van der Waals surface area contributed by atoms with Crippen LogP contribution in [0.4, 0.5) is 0 Å². The van der Waals surface area contributed by atoms with Crippen molar-refractivity contribution in [1.82, 2.24) is 5.32 Å². The number of rotatable bonds is 5. The van der Waals surface area contributed by atoms with Crippen molar-refractivity contribution in [2.24, 2.45) is 0 Å². The van der Waals surface area contributed by atoms with Gasteiger partial charge in [-0.3, -0.25) is 4.79 Å². The number of hydrogen-bond donors (Lipinski definition) is 1. The van der Waals surface area contributed by atoms with Gasteiger partial charge in [-0.1, -0.05) is 6.07 Å². The molecule has 1 heterocycles. The summed E-state index contributed by atoms with van der Waals surface area (Å²) >= 11 is 1.71. The third kappa shape index (κ3) is 3.89. The Bertz CT molecular complexity index is 272. The summed E-state index contributed by atoms with van der Waals surface area (Å²) in [6.45, 7) is 2.13. The third-order valence-electron chi connectivity index (χ3n) is 1.77. The predicted octanol–water partition coefficient (Wildman–Crippen LogP) is 1.44. The van der Waals surface area contributed by atoms with Crippen molar-refractivity contribution in [3.63, 3.8) is 0 Å². The van der Waals surface area contributed by atoms with Crippen LogP contribution < -0.4 is 5.32 Å². The Morgan fingerprint density at radius 1 is 1.71 bits per heavy atom. The first-order valence-corrected chi connectivity index (χ1v) is 5.41. The molecule has 1 aromatic rings. The van der Waals surface area contributed by atoms with E-state index in [-0.39, 0.29) is 18.6 Å². The maximum Gasteiger partial charge on any atom is 0.246 e. The van der Waals surface area contributed by atoms with Gasteiger partial charge in [-0.25, -0.2) is 0 Å². The molecule has 0 radical (unpaired) electrons. The Hall–Kier alpha value is -0.870. The Morgan fingerprint density at radius 3 is 3.07 bits per heavy atom. The Balaban J connectivity index is 2.29. The van der Waals surface area contributed by atoms with Crippen molar-refractivity contribution in [3.8, 4) is 0 Å². The summed E-state index contributed by atoms with van der Waals surface area (Å²) in [5.41, 5.74) is 0. The highest BCUT2D eigenvalue weighted by atomic mass is 32.1. The van der Waals surface area contributed by atoms with Crippen LogP contribution in [0.3, 0.4) is 0 Å². The summed E-state index contributed by atoms with van der Waals surface area (Å²) in [6.07, 6.45) is 0.882. The molecule has 0 unspecified atom stereocenters. The van der Waals surface area contributed by atoms with Crippen LogP contribution in [0.2, 0.25) is 0 Å². The van der Waals surface area contributed by atoms with E-state index in [4.69, 9.17) is 4.74 Å². The average Bonchev–Trinajstić information content (AvgIpc) is 2.56. The number of methoxy groups -OCH3 is 1. The second kappa shape index (κ2) is 5.78. The molecule has 0 fully saturated rings. The molecule has 0 aliphatic carbocycles. The lowest BCUT2D eigenvalue weighted by Gasteiger charge is -2.12. The fourth-order valence-corrected chi connectivity index (χ4v) is 2.06. The van der Waals surface area contributed by atoms with Crippen LogP contribution >= 0.6 is 11.3 Å². The van der Waals surface area contributed by atoms with Crippen molar-refractivity contribution in [1.29, 1.82) is 0 Å². The fraction of sp³-hybridized carbons (Fsp3) is 0.500. The molecular formula is C10H15NO2S. The lowest BCUT2D eigenvalue weighted by molar-refractivity contribution is -0.125. The van der Waals surface area contributed by atoms with Gasteiger partial charge in [0.2, 0.25) is 5.91 Å². The van der Waals surface area contributed by atoms with Gasteiger partial charge in [0, 0.05) is 24.4 Å². The van der Waals surface area contributed by atoms with Crippen molar-refractivity contribution >= 4 is 17.2 Å². The third-order valence-corrected chi connectivity index (χ3v) is 2.67. The fourth-order valence-electron chi connectivity index (χ4n) is 1.23. The Labute approximate surface area is 88.1 Å². The summed E-state index contributed by atoms with van der Waals surface area (Å²) in [5, 5.41) is 4.90. The zero-order valence-corrected chi connectivity index (χ0v) is 9.26. The van der Waals surface area contributed by atoms with Crippen LogP contribution in [-0.4, -0.2) is 25.7 Å². The minimum atomic E-state index is -0.0587. The summed E-state index contributed by atoms with van der Waals surface area (Å²) < 4.78 is 4.73. The van der Waals surface area contributed by atoms with Gasteiger partial charge in [0.15, 0.2) is 0 Å². The van der Waals surface area contributed by atoms with Crippen LogP contribution in [0.25, 0.3) is 0 Å². The van der Waals surface area contributed by atoms with E-state index in [9.17, 15) is 4.79 Å². The molecule has 14 heavy (non-hydrogen) atoms. The number of nitrogens with one attached hydrogen (secondary N) is 1. The highest BCUT2D eigenvalue weighted by Gasteiger charge is 2.07. The number of carbonyl (C=O) groups excluding carboxylic acids is 1. The van der Waals surface area contributed by atoms with Crippen LogP contribution in [0.15, 0.2) is 17.5 Å². The molecule has 1 rings (SSSR count). The highest BCUT2D eigenvalue weighted by Crippen LogP contribution is 2.10. The smallest absolute Gasteiger partial charge is 0.246 e. The largest absolute Gasteiger partial charge is 0.375 e. The van der Waals surface area contributed by atoms with E-state index in [2.05, 4.69) is 11.4 Å². The lowest BCUT2D eigenvalue weighted by Crippen LogP contribution is -2.36. The number of thiophene rings is 1. The molecule has 0 spiro atoms. The minimum absolute atomic E-state index is 0.0587. The molecule has 1 aromatic heterocycles. The lowest BCUT2D eigenvalue weighted by atomic mass is 10.2. The first-order valence-electron chi connectivity index (χ1n) is 4.53. The molecule has 0 aliphatic heterocycles. The van der Waals surface area contributed by atoms with E-state index < -0.39 is 0 Å². The van der Waals surface area contributed by atoms with E-state index in [0.29, 0.717) is 0 Å².